The summed E-state index contributed by atoms with van der Waals surface area (Å²) in [6, 6.07) is 6.95. The molecular weight excluding hydrogens is 375 g/mol. The van der Waals surface area contributed by atoms with E-state index in [4.69, 9.17) is 21.1 Å². The number of benzene rings is 2. The molecule has 3 rings (SSSR count). The van der Waals surface area contributed by atoms with Crippen molar-refractivity contribution in [3.05, 3.63) is 52.9 Å². The largest absolute Gasteiger partial charge is 0.495 e. The van der Waals surface area contributed by atoms with Gasteiger partial charge in [-0.1, -0.05) is 11.6 Å². The molecule has 0 saturated carbocycles. The Morgan fingerprint density at radius 2 is 1.81 bits per heavy atom. The standard InChI is InChI=1S/C19H16ClFN2O4/c1-10(24)23-9-13(12-5-4-11(21)6-16(12)23)19(25)22-15-8-17(26-2)14(20)7-18(15)27-3/h4-9H,1-3H3,(H,22,25). The van der Waals surface area contributed by atoms with Crippen LogP contribution in [0.15, 0.2) is 36.5 Å². The third-order valence-electron chi connectivity index (χ3n) is 4.07. The number of halogens is 2. The molecule has 1 aromatic heterocycles. The average molecular weight is 391 g/mol. The van der Waals surface area contributed by atoms with E-state index in [1.807, 2.05) is 0 Å². The Kier molecular flexibility index (Phi) is 5.05. The van der Waals surface area contributed by atoms with Gasteiger partial charge in [0.05, 0.1) is 36.0 Å². The minimum Gasteiger partial charge on any atom is -0.495 e. The normalized spacial score (nSPS) is 10.7. The molecule has 27 heavy (non-hydrogen) atoms. The Bertz CT molecular complexity index is 1060. The average Bonchev–Trinajstić information content (AvgIpc) is 3.01. The summed E-state index contributed by atoms with van der Waals surface area (Å²) in [5, 5.41) is 3.50. The van der Waals surface area contributed by atoms with Crippen LogP contribution >= 0.6 is 11.6 Å². The second-order valence-corrected chi connectivity index (χ2v) is 6.14. The molecule has 8 heteroatoms. The predicted octanol–water partition coefficient (Wildman–Crippen LogP) is 4.36. The number of hydrogen-bond acceptors (Lipinski definition) is 4. The van der Waals surface area contributed by atoms with Crippen molar-refractivity contribution in [1.82, 2.24) is 4.57 Å². The first-order chi connectivity index (χ1) is 12.8. The summed E-state index contributed by atoms with van der Waals surface area (Å²) in [7, 11) is 2.90. The smallest absolute Gasteiger partial charge is 0.257 e. The number of hydrogen-bond donors (Lipinski definition) is 1. The quantitative estimate of drug-likeness (QED) is 0.718. The molecule has 3 aromatic rings. The van der Waals surface area contributed by atoms with Gasteiger partial charge in [-0.15, -0.1) is 0 Å². The van der Waals surface area contributed by atoms with Crippen LogP contribution in [-0.4, -0.2) is 30.6 Å². The number of carbonyl (C=O) groups excluding carboxylic acids is 2. The monoisotopic (exact) mass is 390 g/mol. The number of anilines is 1. The van der Waals surface area contributed by atoms with E-state index in [0.29, 0.717) is 33.1 Å². The third kappa shape index (κ3) is 3.46. The minimum atomic E-state index is -0.501. The van der Waals surface area contributed by atoms with Crippen molar-refractivity contribution < 1.29 is 23.5 Å². The number of aromatic nitrogens is 1. The van der Waals surface area contributed by atoms with Crippen molar-refractivity contribution in [1.29, 1.82) is 0 Å². The first-order valence-electron chi connectivity index (χ1n) is 7.90. The third-order valence-corrected chi connectivity index (χ3v) is 4.37. The molecule has 0 aliphatic rings. The summed E-state index contributed by atoms with van der Waals surface area (Å²) >= 11 is 6.07. The van der Waals surface area contributed by atoms with Gasteiger partial charge in [0.1, 0.15) is 17.3 Å². The number of fused-ring (bicyclic) bond motifs is 1. The number of rotatable bonds is 4. The highest BCUT2D eigenvalue weighted by atomic mass is 35.5. The zero-order valence-corrected chi connectivity index (χ0v) is 15.6. The maximum Gasteiger partial charge on any atom is 0.257 e. The molecule has 1 N–H and O–H groups in total. The fourth-order valence-corrected chi connectivity index (χ4v) is 3.02. The van der Waals surface area contributed by atoms with Gasteiger partial charge >= 0.3 is 0 Å². The lowest BCUT2D eigenvalue weighted by Crippen LogP contribution is -2.13. The van der Waals surface area contributed by atoms with E-state index in [0.717, 1.165) is 0 Å². The Labute approximate surface area is 159 Å². The first kappa shape index (κ1) is 18.7. The number of carbonyl (C=O) groups is 2. The Morgan fingerprint density at radius 3 is 2.44 bits per heavy atom. The number of ether oxygens (including phenoxy) is 2. The molecular formula is C19H16ClFN2O4. The highest BCUT2D eigenvalue weighted by molar-refractivity contribution is 6.32. The number of amides is 1. The maximum absolute atomic E-state index is 13.6. The second-order valence-electron chi connectivity index (χ2n) is 5.73. The Morgan fingerprint density at radius 1 is 1.11 bits per heavy atom. The Hall–Kier alpha value is -3.06. The van der Waals surface area contributed by atoms with Crippen molar-refractivity contribution in [2.75, 3.05) is 19.5 Å². The highest BCUT2D eigenvalue weighted by Gasteiger charge is 2.19. The molecule has 1 heterocycles. The predicted molar refractivity (Wildman–Crippen MR) is 101 cm³/mol. The molecule has 2 aromatic carbocycles. The summed E-state index contributed by atoms with van der Waals surface area (Å²) in [6.45, 7) is 1.33. The fourth-order valence-electron chi connectivity index (χ4n) is 2.79. The van der Waals surface area contributed by atoms with Crippen LogP contribution in [0.4, 0.5) is 10.1 Å². The van der Waals surface area contributed by atoms with Gasteiger partial charge in [-0.25, -0.2) is 4.39 Å². The lowest BCUT2D eigenvalue weighted by molar-refractivity contribution is 0.0941. The van der Waals surface area contributed by atoms with Gasteiger partial charge in [-0.2, -0.15) is 0 Å². The molecule has 0 radical (unpaired) electrons. The molecule has 0 aliphatic heterocycles. The van der Waals surface area contributed by atoms with Crippen LogP contribution in [0.2, 0.25) is 5.02 Å². The van der Waals surface area contributed by atoms with Crippen LogP contribution in [0.1, 0.15) is 22.1 Å². The van der Waals surface area contributed by atoms with Gasteiger partial charge in [-0.05, 0) is 18.2 Å². The van der Waals surface area contributed by atoms with Gasteiger partial charge in [-0.3, -0.25) is 14.2 Å². The number of methoxy groups -OCH3 is 2. The Balaban J connectivity index is 2.06. The van der Waals surface area contributed by atoms with Crippen LogP contribution < -0.4 is 14.8 Å². The lowest BCUT2D eigenvalue weighted by atomic mass is 10.1. The highest BCUT2D eigenvalue weighted by Crippen LogP contribution is 2.36. The van der Waals surface area contributed by atoms with Crippen molar-refractivity contribution in [3.63, 3.8) is 0 Å². The molecule has 0 spiro atoms. The summed E-state index contributed by atoms with van der Waals surface area (Å²) in [6.07, 6.45) is 1.38. The molecule has 0 saturated heterocycles. The molecule has 6 nitrogen and oxygen atoms in total. The summed E-state index contributed by atoms with van der Waals surface area (Å²) in [4.78, 5) is 24.7. The number of nitrogens with zero attached hydrogens (tertiary/aromatic N) is 1. The summed E-state index contributed by atoms with van der Waals surface area (Å²) in [5.41, 5.74) is 0.874. The molecule has 0 atom stereocenters. The molecule has 1 amide bonds. The number of nitrogens with one attached hydrogen (secondary N) is 1. The van der Waals surface area contributed by atoms with Gasteiger partial charge in [0.25, 0.3) is 5.91 Å². The van der Waals surface area contributed by atoms with Crippen LogP contribution in [-0.2, 0) is 0 Å². The first-order valence-corrected chi connectivity index (χ1v) is 8.28. The van der Waals surface area contributed by atoms with E-state index in [1.54, 1.807) is 0 Å². The maximum atomic E-state index is 13.6. The van der Waals surface area contributed by atoms with Crippen molar-refractivity contribution >= 4 is 40.0 Å². The van der Waals surface area contributed by atoms with Crippen LogP contribution in [0.5, 0.6) is 11.5 Å². The second kappa shape index (κ2) is 7.28. The van der Waals surface area contributed by atoms with Gasteiger partial charge in [0.15, 0.2) is 0 Å². The fraction of sp³-hybridized carbons (Fsp3) is 0.158. The summed E-state index contributed by atoms with van der Waals surface area (Å²) < 4.78 is 25.2. The van der Waals surface area contributed by atoms with E-state index in [9.17, 15) is 14.0 Å². The van der Waals surface area contributed by atoms with Crippen molar-refractivity contribution in [2.45, 2.75) is 6.92 Å². The van der Waals surface area contributed by atoms with Gasteiger partial charge < -0.3 is 14.8 Å². The zero-order chi connectivity index (χ0) is 19.7. The molecule has 0 bridgehead atoms. The lowest BCUT2D eigenvalue weighted by Gasteiger charge is -2.13. The van der Waals surface area contributed by atoms with E-state index in [1.165, 1.54) is 62.2 Å². The van der Waals surface area contributed by atoms with E-state index in [-0.39, 0.29) is 11.5 Å². The molecule has 0 fully saturated rings. The van der Waals surface area contributed by atoms with Crippen LogP contribution in [0.3, 0.4) is 0 Å². The topological polar surface area (TPSA) is 69.6 Å². The zero-order valence-electron chi connectivity index (χ0n) is 14.8. The van der Waals surface area contributed by atoms with Crippen molar-refractivity contribution in [2.24, 2.45) is 0 Å². The van der Waals surface area contributed by atoms with E-state index in [2.05, 4.69) is 5.32 Å². The molecule has 0 aliphatic carbocycles. The summed E-state index contributed by atoms with van der Waals surface area (Å²) in [5.74, 6) is -0.625. The van der Waals surface area contributed by atoms with Gasteiger partial charge in [0, 0.05) is 30.6 Å². The van der Waals surface area contributed by atoms with Gasteiger partial charge in [0.2, 0.25) is 5.91 Å². The SMILES string of the molecule is COc1cc(NC(=O)c2cn(C(C)=O)c3cc(F)ccc23)c(OC)cc1Cl. The van der Waals surface area contributed by atoms with Crippen LogP contribution in [0.25, 0.3) is 10.9 Å². The molecule has 0 unspecified atom stereocenters. The van der Waals surface area contributed by atoms with Crippen LogP contribution in [0, 0.1) is 5.82 Å². The van der Waals surface area contributed by atoms with E-state index < -0.39 is 11.7 Å². The minimum absolute atomic E-state index is 0.219. The van der Waals surface area contributed by atoms with E-state index >= 15 is 0 Å². The molecule has 140 valence electrons. The van der Waals surface area contributed by atoms with Crippen molar-refractivity contribution in [3.8, 4) is 11.5 Å².